The summed E-state index contributed by atoms with van der Waals surface area (Å²) in [4.78, 5) is 11.2. The number of ketones is 1. The van der Waals surface area contributed by atoms with Gasteiger partial charge in [0.25, 0.3) is 0 Å². The smallest absolute Gasteiger partial charge is 0.173 e. The molecule has 0 N–H and O–H groups in total. The second kappa shape index (κ2) is 5.55. The number of carbonyl (C=O) groups excluding carboxylic acids is 1. The highest BCUT2D eigenvalue weighted by molar-refractivity contribution is 9.09. The normalized spacial score (nSPS) is 9.15. The number of carbonyl (C=O) groups is 1. The first-order valence-electron chi connectivity index (χ1n) is 3.81. The maximum absolute atomic E-state index is 11.2. The second-order valence-corrected chi connectivity index (χ2v) is 3.42. The summed E-state index contributed by atoms with van der Waals surface area (Å²) >= 11 is 3.15. The lowest BCUT2D eigenvalue weighted by molar-refractivity contribution is 0.102. The molecule has 0 aliphatic carbocycles. The highest BCUT2D eigenvalue weighted by Crippen LogP contribution is 2.10. The average Bonchev–Trinajstić information content (AvgIpc) is 2.08. The Morgan fingerprint density at radius 3 is 2.38 bits per heavy atom. The Bertz CT molecular complexity index is 308. The van der Waals surface area contributed by atoms with Crippen molar-refractivity contribution >= 4 is 38.7 Å². The van der Waals surface area contributed by atoms with E-state index in [4.69, 9.17) is 0 Å². The summed E-state index contributed by atoms with van der Waals surface area (Å²) in [5.41, 5.74) is 3.18. The zero-order valence-corrected chi connectivity index (χ0v) is 10.9. The van der Waals surface area contributed by atoms with Gasteiger partial charge in [0.15, 0.2) is 5.78 Å². The number of hydrogen-bond donors (Lipinski definition) is 0. The Kier molecular flexibility index (Phi) is 5.49. The van der Waals surface area contributed by atoms with Crippen molar-refractivity contribution < 1.29 is 4.79 Å². The van der Waals surface area contributed by atoms with E-state index in [0.717, 1.165) is 5.56 Å². The van der Waals surface area contributed by atoms with Gasteiger partial charge in [0.05, 0.1) is 5.33 Å². The fourth-order valence-electron chi connectivity index (χ4n) is 0.992. The summed E-state index contributed by atoms with van der Waals surface area (Å²) in [6.45, 7) is 4.05. The summed E-state index contributed by atoms with van der Waals surface area (Å²) < 4.78 is 0. The van der Waals surface area contributed by atoms with Crippen LogP contribution in [-0.2, 0) is 0 Å². The lowest BCUT2D eigenvalue weighted by atomic mass is 10.0. The van der Waals surface area contributed by atoms with Gasteiger partial charge in [-0.05, 0) is 31.0 Å². The number of halogens is 2. The minimum Gasteiger partial charge on any atom is -0.293 e. The molecule has 3 heteroatoms. The molecule has 0 fully saturated rings. The van der Waals surface area contributed by atoms with E-state index in [0.29, 0.717) is 5.33 Å². The minimum absolute atomic E-state index is 0. The van der Waals surface area contributed by atoms with Crippen LogP contribution in [0.25, 0.3) is 0 Å². The molecule has 0 amide bonds. The molecule has 1 rings (SSSR count). The summed E-state index contributed by atoms with van der Waals surface area (Å²) in [5.74, 6) is 0.137. The van der Waals surface area contributed by atoms with Gasteiger partial charge in [-0.25, -0.2) is 0 Å². The lowest BCUT2D eigenvalue weighted by Gasteiger charge is -2.01. The van der Waals surface area contributed by atoms with Crippen LogP contribution in [0, 0.1) is 13.8 Å². The number of aryl methyl sites for hydroxylation is 2. The highest BCUT2D eigenvalue weighted by Gasteiger charge is 2.03. The van der Waals surface area contributed by atoms with Gasteiger partial charge in [0, 0.05) is 5.56 Å². The van der Waals surface area contributed by atoms with Gasteiger partial charge in [-0.2, -0.15) is 0 Å². The van der Waals surface area contributed by atoms with E-state index in [-0.39, 0.29) is 22.8 Å². The lowest BCUT2D eigenvalue weighted by Crippen LogP contribution is -2.00. The van der Waals surface area contributed by atoms with Crippen LogP contribution in [-0.4, -0.2) is 11.1 Å². The third-order valence-electron chi connectivity index (χ3n) is 1.95. The van der Waals surface area contributed by atoms with Crippen LogP contribution in [0.5, 0.6) is 0 Å². The van der Waals surface area contributed by atoms with Crippen molar-refractivity contribution in [2.45, 2.75) is 13.8 Å². The summed E-state index contributed by atoms with van der Waals surface area (Å²) in [5, 5.41) is 0.398. The molecule has 1 aromatic carbocycles. The van der Waals surface area contributed by atoms with Crippen molar-refractivity contribution in [3.63, 3.8) is 0 Å². The van der Waals surface area contributed by atoms with E-state index >= 15 is 0 Å². The minimum atomic E-state index is 0. The number of rotatable bonds is 2. The summed E-state index contributed by atoms with van der Waals surface area (Å²) in [6, 6.07) is 5.77. The predicted molar refractivity (Wildman–Crippen MR) is 64.4 cm³/mol. The molecule has 0 aliphatic rings. The van der Waals surface area contributed by atoms with Gasteiger partial charge < -0.3 is 0 Å². The van der Waals surface area contributed by atoms with Crippen LogP contribution in [0.2, 0.25) is 0 Å². The molecule has 0 radical (unpaired) electrons. The molecule has 0 bridgehead atoms. The monoisotopic (exact) mass is 306 g/mol. The first-order valence-corrected chi connectivity index (χ1v) is 4.93. The molecule has 0 aliphatic heterocycles. The Labute approximate surface area is 97.4 Å². The second-order valence-electron chi connectivity index (χ2n) is 2.86. The van der Waals surface area contributed by atoms with Gasteiger partial charge in [-0.1, -0.05) is 28.1 Å². The summed E-state index contributed by atoms with van der Waals surface area (Å²) in [7, 11) is 0. The van der Waals surface area contributed by atoms with E-state index in [9.17, 15) is 4.79 Å². The van der Waals surface area contributed by atoms with Gasteiger partial charge in [0.2, 0.25) is 0 Å². The zero-order chi connectivity index (χ0) is 9.14. The maximum atomic E-state index is 11.2. The first-order chi connectivity index (χ1) is 5.65. The van der Waals surface area contributed by atoms with Crippen molar-refractivity contribution in [2.75, 3.05) is 5.33 Å². The summed E-state index contributed by atoms with van der Waals surface area (Å²) in [6.07, 6.45) is 0. The van der Waals surface area contributed by atoms with Crippen LogP contribution >= 0.6 is 32.9 Å². The molecule has 0 atom stereocenters. The Morgan fingerprint density at radius 1 is 1.31 bits per heavy atom. The van der Waals surface area contributed by atoms with E-state index < -0.39 is 0 Å². The van der Waals surface area contributed by atoms with Crippen LogP contribution in [0.3, 0.4) is 0 Å². The van der Waals surface area contributed by atoms with Crippen LogP contribution < -0.4 is 0 Å². The quantitative estimate of drug-likeness (QED) is 0.604. The molecule has 72 valence electrons. The molecule has 1 aromatic rings. The third-order valence-corrected chi connectivity index (χ3v) is 2.46. The topological polar surface area (TPSA) is 17.1 Å². The molecule has 0 aromatic heterocycles. The zero-order valence-electron chi connectivity index (χ0n) is 7.63. The Morgan fingerprint density at radius 2 is 1.92 bits per heavy atom. The van der Waals surface area contributed by atoms with Crippen LogP contribution in [0.4, 0.5) is 0 Å². The van der Waals surface area contributed by atoms with Crippen molar-refractivity contribution in [3.05, 3.63) is 34.9 Å². The van der Waals surface area contributed by atoms with Gasteiger partial charge in [0.1, 0.15) is 0 Å². The predicted octanol–water partition coefficient (Wildman–Crippen LogP) is 3.46. The molecule has 0 unspecified atom stereocenters. The SMILES string of the molecule is Br.Cc1ccc(C(=O)CBr)cc1C. The highest BCUT2D eigenvalue weighted by atomic mass is 79.9. The Hall–Kier alpha value is -0.150. The van der Waals surface area contributed by atoms with Crippen LogP contribution in [0.1, 0.15) is 21.5 Å². The number of alkyl halides is 1. The van der Waals surface area contributed by atoms with Crippen LogP contribution in [0.15, 0.2) is 18.2 Å². The van der Waals surface area contributed by atoms with Gasteiger partial charge in [-0.15, -0.1) is 17.0 Å². The van der Waals surface area contributed by atoms with E-state index in [2.05, 4.69) is 15.9 Å². The van der Waals surface area contributed by atoms with Crippen molar-refractivity contribution in [1.82, 2.24) is 0 Å². The fourth-order valence-corrected chi connectivity index (χ4v) is 1.32. The molecule has 1 nitrogen and oxygen atoms in total. The number of Topliss-reactive ketones (excluding diaryl/α,β-unsaturated/α-hetero) is 1. The van der Waals surface area contributed by atoms with E-state index in [1.54, 1.807) is 0 Å². The fraction of sp³-hybridized carbons (Fsp3) is 0.300. The molecular formula is C10H12Br2O. The van der Waals surface area contributed by atoms with Gasteiger partial charge in [-0.3, -0.25) is 4.79 Å². The average molecular weight is 308 g/mol. The van der Waals surface area contributed by atoms with Crippen molar-refractivity contribution in [1.29, 1.82) is 0 Å². The molecule has 0 saturated carbocycles. The number of hydrogen-bond acceptors (Lipinski definition) is 1. The molecule has 0 heterocycles. The number of benzene rings is 1. The standard InChI is InChI=1S/C10H11BrO.BrH/c1-7-3-4-9(5-8(7)2)10(12)6-11;/h3-5H,6H2,1-2H3;1H. The van der Waals surface area contributed by atoms with E-state index in [1.165, 1.54) is 11.1 Å². The molecular weight excluding hydrogens is 296 g/mol. The maximum Gasteiger partial charge on any atom is 0.173 e. The van der Waals surface area contributed by atoms with Crippen molar-refractivity contribution in [3.8, 4) is 0 Å². The molecule has 0 saturated heterocycles. The van der Waals surface area contributed by atoms with Crippen molar-refractivity contribution in [2.24, 2.45) is 0 Å². The third kappa shape index (κ3) is 3.24. The molecule has 0 spiro atoms. The van der Waals surface area contributed by atoms with Gasteiger partial charge >= 0.3 is 0 Å². The molecule has 13 heavy (non-hydrogen) atoms. The van der Waals surface area contributed by atoms with E-state index in [1.807, 2.05) is 32.0 Å². The largest absolute Gasteiger partial charge is 0.293 e. The first kappa shape index (κ1) is 12.8. The Balaban J connectivity index is 0.00000144.